The normalized spacial score (nSPS) is 10.6. The van der Waals surface area contributed by atoms with Crippen LogP contribution in [0, 0.1) is 0 Å². The molecule has 1 rings (SSSR count). The van der Waals surface area contributed by atoms with Crippen molar-refractivity contribution in [3.8, 4) is 0 Å². The van der Waals surface area contributed by atoms with Gasteiger partial charge in [0, 0.05) is 46.2 Å². The Morgan fingerprint density at radius 1 is 1.04 bits per heavy atom. The number of benzene rings is 1. The standard InChI is InChI=1S/C20H32N4O3.HI/c1-21-20(22-14-8-6-5-7-9-18(25)27-4)23-15-16-10-12-17(13-11-16)19(26)24(2)3;/h10-13H,5-9,14-15H2,1-4H3,(H2,21,22,23);1H. The summed E-state index contributed by atoms with van der Waals surface area (Å²) in [7, 11) is 6.65. The highest BCUT2D eigenvalue weighted by Gasteiger charge is 2.07. The van der Waals surface area contributed by atoms with Crippen LogP contribution in [0.3, 0.4) is 0 Å². The first-order valence-corrected chi connectivity index (χ1v) is 9.30. The van der Waals surface area contributed by atoms with Crippen LogP contribution in [0.4, 0.5) is 0 Å². The van der Waals surface area contributed by atoms with Gasteiger partial charge in [0.15, 0.2) is 5.96 Å². The Kier molecular flexibility index (Phi) is 14.1. The number of unbranched alkanes of at least 4 members (excludes halogenated alkanes) is 3. The molecule has 0 bridgehead atoms. The molecule has 0 saturated carbocycles. The van der Waals surface area contributed by atoms with Gasteiger partial charge in [-0.3, -0.25) is 14.6 Å². The molecule has 0 atom stereocenters. The van der Waals surface area contributed by atoms with Gasteiger partial charge >= 0.3 is 5.97 Å². The Morgan fingerprint density at radius 2 is 1.68 bits per heavy atom. The molecule has 8 heteroatoms. The van der Waals surface area contributed by atoms with Crippen molar-refractivity contribution in [3.05, 3.63) is 35.4 Å². The van der Waals surface area contributed by atoms with Crippen molar-refractivity contribution >= 4 is 41.8 Å². The molecule has 7 nitrogen and oxygen atoms in total. The summed E-state index contributed by atoms with van der Waals surface area (Å²) in [6.07, 6.45) is 4.45. The zero-order chi connectivity index (χ0) is 20.1. The molecule has 0 unspecified atom stereocenters. The maximum atomic E-state index is 11.9. The van der Waals surface area contributed by atoms with Crippen LogP contribution in [0.2, 0.25) is 0 Å². The van der Waals surface area contributed by atoms with Crippen LogP contribution in [0.25, 0.3) is 0 Å². The van der Waals surface area contributed by atoms with Gasteiger partial charge in [0.05, 0.1) is 7.11 Å². The number of aliphatic imine (C=N–C) groups is 1. The summed E-state index contributed by atoms with van der Waals surface area (Å²) in [6, 6.07) is 7.56. The van der Waals surface area contributed by atoms with E-state index in [-0.39, 0.29) is 35.9 Å². The van der Waals surface area contributed by atoms with Gasteiger partial charge in [-0.2, -0.15) is 0 Å². The number of esters is 1. The van der Waals surface area contributed by atoms with Gasteiger partial charge in [0.25, 0.3) is 5.91 Å². The predicted molar refractivity (Wildman–Crippen MR) is 123 cm³/mol. The smallest absolute Gasteiger partial charge is 0.305 e. The van der Waals surface area contributed by atoms with E-state index < -0.39 is 0 Å². The van der Waals surface area contributed by atoms with Crippen molar-refractivity contribution in [1.29, 1.82) is 0 Å². The fraction of sp³-hybridized carbons (Fsp3) is 0.550. The van der Waals surface area contributed by atoms with E-state index in [4.69, 9.17) is 0 Å². The van der Waals surface area contributed by atoms with E-state index >= 15 is 0 Å². The molecule has 158 valence electrons. The van der Waals surface area contributed by atoms with Crippen molar-refractivity contribution in [2.75, 3.05) is 34.8 Å². The predicted octanol–water partition coefficient (Wildman–Crippen LogP) is 2.79. The van der Waals surface area contributed by atoms with Gasteiger partial charge < -0.3 is 20.3 Å². The van der Waals surface area contributed by atoms with E-state index in [9.17, 15) is 9.59 Å². The second kappa shape index (κ2) is 15.1. The van der Waals surface area contributed by atoms with E-state index in [1.165, 1.54) is 7.11 Å². The molecule has 0 aromatic heterocycles. The third kappa shape index (κ3) is 10.5. The lowest BCUT2D eigenvalue weighted by molar-refractivity contribution is -0.140. The number of halogens is 1. The van der Waals surface area contributed by atoms with Crippen molar-refractivity contribution in [1.82, 2.24) is 15.5 Å². The number of ether oxygens (including phenoxy) is 1. The number of amides is 1. The lowest BCUT2D eigenvalue weighted by atomic mass is 10.1. The van der Waals surface area contributed by atoms with Crippen LogP contribution in [0.5, 0.6) is 0 Å². The summed E-state index contributed by atoms with van der Waals surface area (Å²) in [6.45, 7) is 1.46. The zero-order valence-corrected chi connectivity index (χ0v) is 19.6. The van der Waals surface area contributed by atoms with Gasteiger partial charge in [-0.05, 0) is 30.5 Å². The number of guanidine groups is 1. The number of rotatable bonds is 10. The molecule has 1 aromatic carbocycles. The summed E-state index contributed by atoms with van der Waals surface area (Å²) in [5.41, 5.74) is 1.76. The van der Waals surface area contributed by atoms with Crippen molar-refractivity contribution in [2.45, 2.75) is 38.6 Å². The summed E-state index contributed by atoms with van der Waals surface area (Å²) < 4.78 is 4.62. The molecule has 2 N–H and O–H groups in total. The Balaban J connectivity index is 0.00000729. The van der Waals surface area contributed by atoms with Crippen LogP contribution in [-0.4, -0.2) is 57.5 Å². The van der Waals surface area contributed by atoms with Crippen LogP contribution >= 0.6 is 24.0 Å². The molecule has 1 amide bonds. The molecule has 0 aliphatic rings. The van der Waals surface area contributed by atoms with Crippen molar-refractivity contribution < 1.29 is 14.3 Å². The van der Waals surface area contributed by atoms with Gasteiger partial charge in [0.1, 0.15) is 0 Å². The third-order valence-corrected chi connectivity index (χ3v) is 4.12. The molecular formula is C20H33IN4O3. The minimum atomic E-state index is -0.142. The number of nitrogens with zero attached hydrogens (tertiary/aromatic N) is 2. The van der Waals surface area contributed by atoms with Gasteiger partial charge in [-0.25, -0.2) is 0 Å². The molecule has 0 saturated heterocycles. The summed E-state index contributed by atoms with van der Waals surface area (Å²) >= 11 is 0. The molecule has 0 heterocycles. The quantitative estimate of drug-likeness (QED) is 0.168. The number of carbonyl (C=O) groups excluding carboxylic acids is 2. The number of carbonyl (C=O) groups is 2. The van der Waals surface area contributed by atoms with Crippen LogP contribution in [-0.2, 0) is 16.1 Å². The van der Waals surface area contributed by atoms with Crippen molar-refractivity contribution in [3.63, 3.8) is 0 Å². The Morgan fingerprint density at radius 3 is 2.25 bits per heavy atom. The molecule has 28 heavy (non-hydrogen) atoms. The Hall–Kier alpha value is -1.84. The molecule has 0 spiro atoms. The SMILES string of the molecule is CN=C(NCCCCCCC(=O)OC)NCc1ccc(C(=O)N(C)C)cc1.I. The first kappa shape index (κ1) is 26.2. The highest BCUT2D eigenvalue weighted by atomic mass is 127. The highest BCUT2D eigenvalue weighted by molar-refractivity contribution is 14.0. The van der Waals surface area contributed by atoms with Crippen LogP contribution in [0.15, 0.2) is 29.3 Å². The maximum absolute atomic E-state index is 11.9. The lowest BCUT2D eigenvalue weighted by Gasteiger charge is -2.13. The van der Waals surface area contributed by atoms with E-state index in [0.717, 1.165) is 43.8 Å². The second-order valence-corrected chi connectivity index (χ2v) is 6.49. The zero-order valence-electron chi connectivity index (χ0n) is 17.3. The highest BCUT2D eigenvalue weighted by Crippen LogP contribution is 2.06. The summed E-state index contributed by atoms with van der Waals surface area (Å²) in [5, 5.41) is 6.55. The number of hydrogen-bond donors (Lipinski definition) is 2. The Labute approximate surface area is 185 Å². The molecule has 0 radical (unpaired) electrons. The first-order chi connectivity index (χ1) is 13.0. The van der Waals surface area contributed by atoms with Gasteiger partial charge in [0.2, 0.25) is 0 Å². The van der Waals surface area contributed by atoms with Gasteiger partial charge in [-0.1, -0.05) is 25.0 Å². The number of hydrogen-bond acceptors (Lipinski definition) is 4. The summed E-state index contributed by atoms with van der Waals surface area (Å²) in [4.78, 5) is 28.7. The van der Waals surface area contributed by atoms with Gasteiger partial charge in [-0.15, -0.1) is 24.0 Å². The van der Waals surface area contributed by atoms with E-state index in [1.54, 1.807) is 26.0 Å². The average molecular weight is 504 g/mol. The minimum absolute atomic E-state index is 0. The van der Waals surface area contributed by atoms with Crippen molar-refractivity contribution in [2.24, 2.45) is 4.99 Å². The van der Waals surface area contributed by atoms with Crippen LogP contribution < -0.4 is 10.6 Å². The first-order valence-electron chi connectivity index (χ1n) is 9.30. The van der Waals surface area contributed by atoms with Crippen LogP contribution in [0.1, 0.15) is 48.0 Å². The third-order valence-electron chi connectivity index (χ3n) is 4.12. The second-order valence-electron chi connectivity index (χ2n) is 6.49. The summed E-state index contributed by atoms with van der Waals surface area (Å²) in [5.74, 6) is 0.605. The maximum Gasteiger partial charge on any atom is 0.305 e. The monoisotopic (exact) mass is 504 g/mol. The number of nitrogens with one attached hydrogen (secondary N) is 2. The largest absolute Gasteiger partial charge is 0.469 e. The number of methoxy groups -OCH3 is 1. The molecule has 0 fully saturated rings. The lowest BCUT2D eigenvalue weighted by Crippen LogP contribution is -2.37. The Bertz CT molecular complexity index is 618. The molecule has 0 aliphatic carbocycles. The van der Waals surface area contributed by atoms with E-state index in [1.807, 2.05) is 24.3 Å². The van der Waals surface area contributed by atoms with E-state index in [0.29, 0.717) is 18.5 Å². The minimum Gasteiger partial charge on any atom is -0.469 e. The molecule has 1 aromatic rings. The van der Waals surface area contributed by atoms with E-state index in [2.05, 4.69) is 20.4 Å². The molecule has 0 aliphatic heterocycles. The fourth-order valence-corrected chi connectivity index (χ4v) is 2.49. The average Bonchev–Trinajstić information content (AvgIpc) is 2.68. The molecular weight excluding hydrogens is 471 g/mol. The fourth-order valence-electron chi connectivity index (χ4n) is 2.49. The topological polar surface area (TPSA) is 83.0 Å².